The van der Waals surface area contributed by atoms with E-state index in [4.69, 9.17) is 39.8 Å². The number of rotatable bonds is 5. The van der Waals surface area contributed by atoms with Crippen LogP contribution in [0, 0.1) is 0 Å². The molecule has 4 nitrogen and oxygen atoms in total. The first kappa shape index (κ1) is 22.9. The van der Waals surface area contributed by atoms with E-state index in [-0.39, 0.29) is 12.1 Å². The highest BCUT2D eigenvalue weighted by Crippen LogP contribution is 2.43. The van der Waals surface area contributed by atoms with Crippen LogP contribution in [0.3, 0.4) is 0 Å². The van der Waals surface area contributed by atoms with Crippen LogP contribution in [0.25, 0.3) is 11.3 Å². The van der Waals surface area contributed by atoms with Crippen molar-refractivity contribution in [3.63, 3.8) is 0 Å². The van der Waals surface area contributed by atoms with Gasteiger partial charge in [-0.1, -0.05) is 55.2 Å². The molecule has 1 N–H and O–H groups in total. The summed E-state index contributed by atoms with van der Waals surface area (Å²) in [6.45, 7) is 4.37. The molecule has 0 unspecified atom stereocenters. The van der Waals surface area contributed by atoms with Gasteiger partial charge in [0.05, 0.1) is 16.8 Å². The monoisotopic (exact) mass is 507 g/mol. The fraction of sp³-hybridized carbons (Fsp3) is 0.185. The first-order valence-corrected chi connectivity index (χ1v) is 12.2. The standard InChI is InChI=1S/C27H23Cl2N3OS/c1-16(2)17-6-9-19(10-7-17)32-26(25(31-27(32)34)22-5-3-4-14-30-22)24-13-12-23(33-24)20-11-8-18(28)15-21(20)29/h3-16,25-26H,1-2H3,(H,31,34)/t25-,26-/m0/s1. The lowest BCUT2D eigenvalue weighted by Crippen LogP contribution is -2.29. The molecule has 0 radical (unpaired) electrons. The Morgan fingerprint density at radius 3 is 2.47 bits per heavy atom. The van der Waals surface area contributed by atoms with E-state index in [0.29, 0.717) is 26.8 Å². The molecular formula is C27H23Cl2N3OS. The molecule has 0 aliphatic carbocycles. The predicted octanol–water partition coefficient (Wildman–Crippen LogP) is 7.95. The Bertz CT molecular complexity index is 1320. The van der Waals surface area contributed by atoms with Gasteiger partial charge in [0.1, 0.15) is 17.6 Å². The highest BCUT2D eigenvalue weighted by atomic mass is 35.5. The zero-order valence-corrected chi connectivity index (χ0v) is 21.0. The van der Waals surface area contributed by atoms with E-state index in [1.165, 1.54) is 5.56 Å². The minimum Gasteiger partial charge on any atom is -0.459 e. The fourth-order valence-corrected chi connectivity index (χ4v) is 5.14. The highest BCUT2D eigenvalue weighted by molar-refractivity contribution is 7.80. The Morgan fingerprint density at radius 2 is 1.79 bits per heavy atom. The van der Waals surface area contributed by atoms with Gasteiger partial charge in [-0.15, -0.1) is 0 Å². The lowest BCUT2D eigenvalue weighted by Gasteiger charge is -2.26. The number of hydrogen-bond donors (Lipinski definition) is 1. The van der Waals surface area contributed by atoms with Crippen LogP contribution in [0.15, 0.2) is 83.4 Å². The number of anilines is 1. The van der Waals surface area contributed by atoms with Crippen molar-refractivity contribution < 1.29 is 4.42 Å². The van der Waals surface area contributed by atoms with Crippen LogP contribution in [0.1, 0.15) is 48.9 Å². The van der Waals surface area contributed by atoms with Crippen LogP contribution >= 0.6 is 35.4 Å². The molecule has 0 saturated carbocycles. The second-order valence-corrected chi connectivity index (χ2v) is 9.80. The molecule has 3 heterocycles. The number of nitrogens with one attached hydrogen (secondary N) is 1. The average molecular weight is 508 g/mol. The minimum absolute atomic E-state index is 0.182. The van der Waals surface area contributed by atoms with Gasteiger partial charge in [0.15, 0.2) is 5.11 Å². The summed E-state index contributed by atoms with van der Waals surface area (Å²) in [6.07, 6.45) is 1.79. The van der Waals surface area contributed by atoms with Gasteiger partial charge in [-0.05, 0) is 78.3 Å². The third-order valence-electron chi connectivity index (χ3n) is 6.05. The Labute approximate surface area is 214 Å². The maximum absolute atomic E-state index is 6.45. The van der Waals surface area contributed by atoms with Crippen LogP contribution in [-0.4, -0.2) is 10.1 Å². The van der Waals surface area contributed by atoms with Gasteiger partial charge in [-0.2, -0.15) is 0 Å². The molecule has 2 aromatic carbocycles. The molecule has 1 fully saturated rings. The summed E-state index contributed by atoms with van der Waals surface area (Å²) < 4.78 is 6.39. The van der Waals surface area contributed by atoms with Crippen LogP contribution < -0.4 is 10.2 Å². The van der Waals surface area contributed by atoms with Crippen LogP contribution in [0.2, 0.25) is 10.0 Å². The number of furan rings is 1. The molecule has 0 bridgehead atoms. The Morgan fingerprint density at radius 1 is 1.00 bits per heavy atom. The number of hydrogen-bond acceptors (Lipinski definition) is 3. The summed E-state index contributed by atoms with van der Waals surface area (Å²) >= 11 is 18.3. The molecular weight excluding hydrogens is 485 g/mol. The van der Waals surface area contributed by atoms with Crippen molar-refractivity contribution in [2.24, 2.45) is 0 Å². The van der Waals surface area contributed by atoms with Gasteiger partial charge in [0.2, 0.25) is 0 Å². The minimum atomic E-state index is -0.230. The average Bonchev–Trinajstić information content (AvgIpc) is 3.44. The fourth-order valence-electron chi connectivity index (χ4n) is 4.29. The summed E-state index contributed by atoms with van der Waals surface area (Å²) in [4.78, 5) is 6.70. The summed E-state index contributed by atoms with van der Waals surface area (Å²) in [5, 5.41) is 5.21. The second kappa shape index (κ2) is 9.41. The normalized spacial score (nSPS) is 17.9. The largest absolute Gasteiger partial charge is 0.459 e. The van der Waals surface area contributed by atoms with E-state index in [9.17, 15) is 0 Å². The number of nitrogens with zero attached hydrogens (tertiary/aromatic N) is 2. The molecule has 172 valence electrons. The number of benzene rings is 2. The van der Waals surface area contributed by atoms with E-state index in [1.54, 1.807) is 18.3 Å². The number of halogens is 2. The molecule has 2 atom stereocenters. The lowest BCUT2D eigenvalue weighted by atomic mass is 10.0. The molecule has 1 aliphatic heterocycles. The molecule has 1 saturated heterocycles. The molecule has 5 rings (SSSR count). The summed E-state index contributed by atoms with van der Waals surface area (Å²) in [5.41, 5.74) is 3.94. The van der Waals surface area contributed by atoms with Crippen molar-refractivity contribution >= 4 is 46.2 Å². The van der Waals surface area contributed by atoms with Gasteiger partial charge in [-0.25, -0.2) is 0 Å². The molecule has 0 spiro atoms. The van der Waals surface area contributed by atoms with Crippen molar-refractivity contribution in [1.82, 2.24) is 10.3 Å². The van der Waals surface area contributed by atoms with E-state index in [1.807, 2.05) is 36.4 Å². The van der Waals surface area contributed by atoms with Gasteiger partial charge >= 0.3 is 0 Å². The second-order valence-electron chi connectivity index (χ2n) is 8.57. The highest BCUT2D eigenvalue weighted by Gasteiger charge is 2.42. The lowest BCUT2D eigenvalue weighted by molar-refractivity contribution is 0.439. The number of pyridine rings is 1. The van der Waals surface area contributed by atoms with Gasteiger partial charge in [0, 0.05) is 22.5 Å². The Hall–Kier alpha value is -2.86. The Kier molecular flexibility index (Phi) is 6.34. The smallest absolute Gasteiger partial charge is 0.174 e. The van der Waals surface area contributed by atoms with Crippen LogP contribution in [-0.2, 0) is 0 Å². The SMILES string of the molecule is CC(C)c1ccc(N2C(=S)N[C@@H](c3ccccn3)[C@@H]2c2ccc(-c3ccc(Cl)cc3Cl)o2)cc1. The third-order valence-corrected chi connectivity index (χ3v) is 6.91. The van der Waals surface area contributed by atoms with Crippen molar-refractivity contribution in [3.8, 4) is 11.3 Å². The molecule has 2 aromatic heterocycles. The number of aromatic nitrogens is 1. The van der Waals surface area contributed by atoms with Crippen molar-refractivity contribution in [3.05, 3.63) is 106 Å². The number of thiocarbonyl (C=S) groups is 1. The maximum Gasteiger partial charge on any atom is 0.174 e. The quantitative estimate of drug-likeness (QED) is 0.277. The molecule has 1 aliphatic rings. The summed E-state index contributed by atoms with van der Waals surface area (Å²) in [5.74, 6) is 1.88. The zero-order chi connectivity index (χ0) is 23.8. The van der Waals surface area contributed by atoms with E-state index < -0.39 is 0 Å². The zero-order valence-electron chi connectivity index (χ0n) is 18.7. The van der Waals surface area contributed by atoms with E-state index in [0.717, 1.165) is 22.7 Å². The van der Waals surface area contributed by atoms with E-state index in [2.05, 4.69) is 53.3 Å². The Balaban J connectivity index is 1.58. The summed E-state index contributed by atoms with van der Waals surface area (Å²) in [6, 6.07) is 23.3. The maximum atomic E-state index is 6.45. The first-order valence-electron chi connectivity index (χ1n) is 11.1. The van der Waals surface area contributed by atoms with Gasteiger partial charge in [-0.3, -0.25) is 4.98 Å². The van der Waals surface area contributed by atoms with Crippen molar-refractivity contribution in [1.29, 1.82) is 0 Å². The molecule has 4 aromatic rings. The van der Waals surface area contributed by atoms with Crippen LogP contribution in [0.4, 0.5) is 5.69 Å². The van der Waals surface area contributed by atoms with Gasteiger partial charge in [0.25, 0.3) is 0 Å². The topological polar surface area (TPSA) is 41.3 Å². The molecule has 0 amide bonds. The van der Waals surface area contributed by atoms with Crippen molar-refractivity contribution in [2.75, 3.05) is 4.90 Å². The predicted molar refractivity (Wildman–Crippen MR) is 143 cm³/mol. The van der Waals surface area contributed by atoms with Crippen molar-refractivity contribution in [2.45, 2.75) is 31.8 Å². The molecule has 34 heavy (non-hydrogen) atoms. The molecule has 7 heteroatoms. The van der Waals surface area contributed by atoms with E-state index >= 15 is 0 Å². The first-order chi connectivity index (χ1) is 16.4. The third kappa shape index (κ3) is 4.31. The summed E-state index contributed by atoms with van der Waals surface area (Å²) in [7, 11) is 0. The van der Waals surface area contributed by atoms with Crippen LogP contribution in [0.5, 0.6) is 0 Å². The van der Waals surface area contributed by atoms with Gasteiger partial charge < -0.3 is 14.6 Å².